The molecule has 0 atom stereocenters. The Kier molecular flexibility index (Phi) is 2.53. The second-order valence-corrected chi connectivity index (χ2v) is 5.19. The summed E-state index contributed by atoms with van der Waals surface area (Å²) in [5, 5.41) is 0. The summed E-state index contributed by atoms with van der Waals surface area (Å²) >= 11 is 0. The van der Waals surface area contributed by atoms with Gasteiger partial charge in [-0.2, -0.15) is 0 Å². The van der Waals surface area contributed by atoms with Crippen LogP contribution in [0.5, 0.6) is 0 Å². The van der Waals surface area contributed by atoms with Crippen LogP contribution in [0.4, 0.5) is 0 Å². The van der Waals surface area contributed by atoms with E-state index < -0.39 is 0 Å². The van der Waals surface area contributed by atoms with E-state index >= 15 is 0 Å². The van der Waals surface area contributed by atoms with Crippen LogP contribution in [0, 0.1) is 11.3 Å². The molecule has 4 heteroatoms. The molecule has 2 saturated heterocycles. The Morgan fingerprint density at radius 3 is 2.06 bits per heavy atom. The van der Waals surface area contributed by atoms with Crippen LogP contribution >= 0.6 is 0 Å². The molecule has 3 rings (SSSR count). The highest BCUT2D eigenvalue weighted by atomic mass is 16.7. The monoisotopic (exact) mass is 226 g/mol. The lowest BCUT2D eigenvalue weighted by Gasteiger charge is -2.47. The third-order valence-electron chi connectivity index (χ3n) is 4.44. The van der Waals surface area contributed by atoms with Crippen molar-refractivity contribution in [3.8, 4) is 0 Å². The number of hydrogen-bond donors (Lipinski definition) is 0. The van der Waals surface area contributed by atoms with Crippen LogP contribution in [-0.2, 0) is 19.0 Å². The van der Waals surface area contributed by atoms with Gasteiger partial charge in [0, 0.05) is 24.2 Å². The van der Waals surface area contributed by atoms with Crippen molar-refractivity contribution in [2.24, 2.45) is 11.3 Å². The lowest BCUT2D eigenvalue weighted by atomic mass is 9.64. The molecule has 0 aromatic rings. The molecule has 90 valence electrons. The molecule has 0 bridgehead atoms. The summed E-state index contributed by atoms with van der Waals surface area (Å²) in [4.78, 5) is 11.4. The predicted molar refractivity (Wildman–Crippen MR) is 55.9 cm³/mol. The summed E-state index contributed by atoms with van der Waals surface area (Å²) in [6, 6.07) is 0. The third kappa shape index (κ3) is 1.51. The molecule has 0 radical (unpaired) electrons. The van der Waals surface area contributed by atoms with Crippen molar-refractivity contribution in [1.82, 2.24) is 0 Å². The van der Waals surface area contributed by atoms with E-state index in [1.54, 1.807) is 0 Å². The second kappa shape index (κ2) is 3.79. The fourth-order valence-corrected chi connectivity index (χ4v) is 3.07. The van der Waals surface area contributed by atoms with Crippen molar-refractivity contribution >= 4 is 6.29 Å². The maximum atomic E-state index is 11.4. The van der Waals surface area contributed by atoms with Gasteiger partial charge in [0.05, 0.1) is 26.4 Å². The highest BCUT2D eigenvalue weighted by Gasteiger charge is 2.51. The van der Waals surface area contributed by atoms with Crippen LogP contribution in [0.2, 0.25) is 0 Å². The summed E-state index contributed by atoms with van der Waals surface area (Å²) in [5.41, 5.74) is -0.168. The first-order chi connectivity index (χ1) is 7.79. The van der Waals surface area contributed by atoms with Crippen molar-refractivity contribution < 1.29 is 19.0 Å². The minimum Gasteiger partial charge on any atom is -0.381 e. The molecule has 0 unspecified atom stereocenters. The van der Waals surface area contributed by atoms with E-state index in [-0.39, 0.29) is 11.2 Å². The van der Waals surface area contributed by atoms with Gasteiger partial charge in [-0.15, -0.1) is 0 Å². The molecular weight excluding hydrogens is 208 g/mol. The molecule has 1 aliphatic carbocycles. The molecule has 3 fully saturated rings. The van der Waals surface area contributed by atoms with Crippen molar-refractivity contribution in [2.45, 2.75) is 31.5 Å². The Morgan fingerprint density at radius 2 is 1.62 bits per heavy atom. The van der Waals surface area contributed by atoms with Gasteiger partial charge in [0.1, 0.15) is 6.29 Å². The number of rotatable bonds is 2. The Hall–Kier alpha value is -0.450. The third-order valence-corrected chi connectivity index (χ3v) is 4.44. The van der Waals surface area contributed by atoms with E-state index in [2.05, 4.69) is 0 Å². The van der Waals surface area contributed by atoms with E-state index in [1.807, 2.05) is 0 Å². The highest BCUT2D eigenvalue weighted by Crippen LogP contribution is 2.49. The quantitative estimate of drug-likeness (QED) is 0.662. The molecule has 4 nitrogen and oxygen atoms in total. The number of ether oxygens (including phenoxy) is 3. The number of carbonyl (C=O) groups is 1. The van der Waals surface area contributed by atoms with Gasteiger partial charge in [-0.05, 0) is 12.8 Å². The van der Waals surface area contributed by atoms with E-state index in [4.69, 9.17) is 14.2 Å². The summed E-state index contributed by atoms with van der Waals surface area (Å²) in [6.45, 7) is 2.88. The Labute approximate surface area is 95.2 Å². The predicted octanol–water partition coefficient (Wildman–Crippen LogP) is 1.14. The van der Waals surface area contributed by atoms with Crippen LogP contribution < -0.4 is 0 Å². The van der Waals surface area contributed by atoms with Crippen LogP contribution in [0.25, 0.3) is 0 Å². The lowest BCUT2D eigenvalue weighted by Crippen LogP contribution is -2.50. The Balaban J connectivity index is 1.69. The van der Waals surface area contributed by atoms with Crippen molar-refractivity contribution in [2.75, 3.05) is 26.4 Å². The molecule has 2 aliphatic heterocycles. The number of aldehydes is 1. The zero-order valence-electron chi connectivity index (χ0n) is 9.44. The number of hydrogen-bond acceptors (Lipinski definition) is 4. The van der Waals surface area contributed by atoms with Gasteiger partial charge in [-0.25, -0.2) is 0 Å². The molecule has 3 aliphatic rings. The Morgan fingerprint density at radius 1 is 1.00 bits per heavy atom. The normalized spacial score (nSPS) is 32.5. The zero-order chi connectivity index (χ0) is 11.1. The SMILES string of the molecule is O=CC1(C2COC2)CCC2(CC1)OCCO2. The first-order valence-corrected chi connectivity index (χ1v) is 6.11. The molecule has 1 saturated carbocycles. The van der Waals surface area contributed by atoms with E-state index in [0.29, 0.717) is 19.1 Å². The fraction of sp³-hybridized carbons (Fsp3) is 0.917. The topological polar surface area (TPSA) is 44.8 Å². The van der Waals surface area contributed by atoms with E-state index in [0.717, 1.165) is 45.2 Å². The molecule has 16 heavy (non-hydrogen) atoms. The first kappa shape index (κ1) is 10.7. The summed E-state index contributed by atoms with van der Waals surface area (Å²) in [7, 11) is 0. The van der Waals surface area contributed by atoms with Gasteiger partial charge < -0.3 is 19.0 Å². The molecule has 0 amide bonds. The summed E-state index contributed by atoms with van der Waals surface area (Å²) in [5.74, 6) is 0.0562. The lowest BCUT2D eigenvalue weighted by molar-refractivity contribution is -0.206. The molecule has 0 aromatic heterocycles. The summed E-state index contributed by atoms with van der Waals surface area (Å²) < 4.78 is 16.6. The molecule has 0 N–H and O–H groups in total. The van der Waals surface area contributed by atoms with Crippen LogP contribution in [0.1, 0.15) is 25.7 Å². The highest BCUT2D eigenvalue weighted by molar-refractivity contribution is 5.60. The first-order valence-electron chi connectivity index (χ1n) is 6.11. The van der Waals surface area contributed by atoms with E-state index in [1.165, 1.54) is 0 Å². The maximum absolute atomic E-state index is 11.4. The van der Waals surface area contributed by atoms with Gasteiger partial charge in [0.2, 0.25) is 0 Å². The van der Waals surface area contributed by atoms with Gasteiger partial charge in [0.15, 0.2) is 5.79 Å². The van der Waals surface area contributed by atoms with Crippen molar-refractivity contribution in [1.29, 1.82) is 0 Å². The maximum Gasteiger partial charge on any atom is 0.168 e. The van der Waals surface area contributed by atoms with Gasteiger partial charge >= 0.3 is 0 Å². The van der Waals surface area contributed by atoms with Gasteiger partial charge in [-0.1, -0.05) is 0 Å². The molecule has 0 aromatic carbocycles. The standard InChI is InChI=1S/C12H18O4/c13-9-11(10-7-14-8-10)1-3-12(4-2-11)15-5-6-16-12/h9-10H,1-8H2. The van der Waals surface area contributed by atoms with Gasteiger partial charge in [-0.3, -0.25) is 0 Å². The molecule has 1 spiro atoms. The summed E-state index contributed by atoms with van der Waals surface area (Å²) in [6.07, 6.45) is 4.61. The van der Waals surface area contributed by atoms with Gasteiger partial charge in [0.25, 0.3) is 0 Å². The zero-order valence-corrected chi connectivity index (χ0v) is 9.44. The average Bonchev–Trinajstić information content (AvgIpc) is 2.69. The molecule has 2 heterocycles. The number of carbonyl (C=O) groups excluding carboxylic acids is 1. The van der Waals surface area contributed by atoms with Crippen molar-refractivity contribution in [3.05, 3.63) is 0 Å². The van der Waals surface area contributed by atoms with E-state index in [9.17, 15) is 4.79 Å². The minimum atomic E-state index is -0.364. The minimum absolute atomic E-state index is 0.168. The van der Waals surface area contributed by atoms with Crippen LogP contribution in [-0.4, -0.2) is 38.5 Å². The fourth-order valence-electron chi connectivity index (χ4n) is 3.07. The average molecular weight is 226 g/mol. The molecular formula is C12H18O4. The smallest absolute Gasteiger partial charge is 0.168 e. The largest absolute Gasteiger partial charge is 0.381 e. The Bertz CT molecular complexity index is 269. The van der Waals surface area contributed by atoms with Crippen LogP contribution in [0.3, 0.4) is 0 Å². The van der Waals surface area contributed by atoms with Crippen LogP contribution in [0.15, 0.2) is 0 Å². The second-order valence-electron chi connectivity index (χ2n) is 5.19. The van der Waals surface area contributed by atoms with Crippen molar-refractivity contribution in [3.63, 3.8) is 0 Å².